The fourth-order valence-electron chi connectivity index (χ4n) is 3.93. The second kappa shape index (κ2) is 9.96. The van der Waals surface area contributed by atoms with Crippen LogP contribution in [0.3, 0.4) is 0 Å². The number of nitrogens with zero attached hydrogens (tertiary/aromatic N) is 4. The molecule has 0 aliphatic carbocycles. The van der Waals surface area contributed by atoms with Crippen LogP contribution in [-0.4, -0.2) is 48.0 Å². The molecule has 1 saturated heterocycles. The zero-order valence-corrected chi connectivity index (χ0v) is 19.6. The van der Waals surface area contributed by atoms with Crippen LogP contribution in [0.5, 0.6) is 0 Å². The van der Waals surface area contributed by atoms with Gasteiger partial charge in [0.2, 0.25) is 0 Å². The maximum Gasteiger partial charge on any atom is 0.273 e. The van der Waals surface area contributed by atoms with Crippen LogP contribution in [-0.2, 0) is 4.74 Å². The average molecular weight is 509 g/mol. The largest absolute Gasteiger partial charge is 0.378 e. The van der Waals surface area contributed by atoms with Crippen LogP contribution in [0.4, 0.5) is 20.3 Å². The highest BCUT2D eigenvalue weighted by molar-refractivity contribution is 6.39. The molecule has 10 heteroatoms. The van der Waals surface area contributed by atoms with Crippen molar-refractivity contribution in [3.05, 3.63) is 95.2 Å². The molecule has 2 heterocycles. The molecule has 0 unspecified atom stereocenters. The second-order valence-electron chi connectivity index (χ2n) is 8.10. The SMILES string of the molecule is O=C(c1ccc2ncc(N3CCOCC3)nc2c1)c1cccc(N(Cl)C(=O)c2cccc(F)c2)c1F. The highest BCUT2D eigenvalue weighted by atomic mass is 35.5. The number of aromatic nitrogens is 2. The molecule has 1 aromatic heterocycles. The normalized spacial score (nSPS) is 13.6. The summed E-state index contributed by atoms with van der Waals surface area (Å²) >= 11 is 6.12. The van der Waals surface area contributed by atoms with Gasteiger partial charge >= 0.3 is 0 Å². The van der Waals surface area contributed by atoms with Gasteiger partial charge in [0.25, 0.3) is 5.91 Å². The lowest BCUT2D eigenvalue weighted by molar-refractivity contribution is 0.1000. The van der Waals surface area contributed by atoms with Gasteiger partial charge in [0.05, 0.1) is 41.7 Å². The van der Waals surface area contributed by atoms with Gasteiger partial charge in [-0.1, -0.05) is 12.1 Å². The number of morpholine rings is 1. The summed E-state index contributed by atoms with van der Waals surface area (Å²) < 4.78 is 34.8. The molecule has 0 bridgehead atoms. The molecule has 0 radical (unpaired) electrons. The van der Waals surface area contributed by atoms with Crippen molar-refractivity contribution in [2.24, 2.45) is 0 Å². The molecule has 182 valence electrons. The van der Waals surface area contributed by atoms with Gasteiger partial charge in [-0.2, -0.15) is 0 Å². The Morgan fingerprint density at radius 1 is 0.944 bits per heavy atom. The van der Waals surface area contributed by atoms with Crippen LogP contribution < -0.4 is 9.32 Å². The van der Waals surface area contributed by atoms with E-state index in [2.05, 4.69) is 9.97 Å². The lowest BCUT2D eigenvalue weighted by atomic mass is 10.0. The number of amides is 1. The third-order valence-corrected chi connectivity index (χ3v) is 6.15. The molecule has 0 saturated carbocycles. The van der Waals surface area contributed by atoms with E-state index in [0.717, 1.165) is 6.07 Å². The fraction of sp³-hybridized carbons (Fsp3) is 0.154. The molecular weight excluding hydrogens is 490 g/mol. The third-order valence-electron chi connectivity index (χ3n) is 5.81. The van der Waals surface area contributed by atoms with Gasteiger partial charge in [0, 0.05) is 36.0 Å². The summed E-state index contributed by atoms with van der Waals surface area (Å²) in [6, 6.07) is 13.6. The quantitative estimate of drug-likeness (QED) is 0.285. The van der Waals surface area contributed by atoms with Gasteiger partial charge in [0.15, 0.2) is 11.6 Å². The van der Waals surface area contributed by atoms with Crippen LogP contribution in [0, 0.1) is 11.6 Å². The summed E-state index contributed by atoms with van der Waals surface area (Å²) in [4.78, 5) is 37.0. The highest BCUT2D eigenvalue weighted by Crippen LogP contribution is 2.28. The summed E-state index contributed by atoms with van der Waals surface area (Å²) in [5.74, 6) is -2.39. The standard InChI is InChI=1S/C26H19ClF2N4O3/c27-33(26(35)17-3-1-4-18(28)13-17)22-6-2-5-19(24(22)29)25(34)16-7-8-20-21(14-16)31-23(15-30-20)32-9-11-36-12-10-32/h1-8,13-15H,9-12H2. The van der Waals surface area contributed by atoms with E-state index >= 15 is 4.39 Å². The topological polar surface area (TPSA) is 75.6 Å². The number of carbonyl (C=O) groups excluding carboxylic acids is 2. The minimum atomic E-state index is -0.976. The highest BCUT2D eigenvalue weighted by Gasteiger charge is 2.24. The van der Waals surface area contributed by atoms with Crippen molar-refractivity contribution in [2.45, 2.75) is 0 Å². The lowest BCUT2D eigenvalue weighted by Crippen LogP contribution is -2.36. The first kappa shape index (κ1) is 23.8. The number of fused-ring (bicyclic) bond motifs is 1. The summed E-state index contributed by atoms with van der Waals surface area (Å²) in [6.45, 7) is 2.54. The Morgan fingerprint density at radius 2 is 1.72 bits per heavy atom. The minimum absolute atomic E-state index is 0.0645. The molecule has 3 aromatic carbocycles. The molecule has 1 aliphatic rings. The van der Waals surface area contributed by atoms with Gasteiger partial charge in [-0.25, -0.2) is 18.2 Å². The van der Waals surface area contributed by atoms with Crippen molar-refractivity contribution >= 4 is 46.0 Å². The average Bonchev–Trinajstić information content (AvgIpc) is 2.92. The van der Waals surface area contributed by atoms with Crippen LogP contribution in [0.25, 0.3) is 11.0 Å². The number of ketones is 1. The van der Waals surface area contributed by atoms with Crippen molar-refractivity contribution in [1.82, 2.24) is 9.97 Å². The first-order chi connectivity index (χ1) is 17.4. The van der Waals surface area contributed by atoms with Crippen molar-refractivity contribution in [3.63, 3.8) is 0 Å². The predicted octanol–water partition coefficient (Wildman–Crippen LogP) is 4.78. The van der Waals surface area contributed by atoms with Gasteiger partial charge in [-0.3, -0.25) is 14.6 Å². The molecular formula is C26H19ClF2N4O3. The zero-order chi connectivity index (χ0) is 25.2. The second-order valence-corrected chi connectivity index (χ2v) is 8.43. The molecule has 0 spiro atoms. The van der Waals surface area contributed by atoms with E-state index in [4.69, 9.17) is 16.5 Å². The van der Waals surface area contributed by atoms with E-state index in [9.17, 15) is 14.0 Å². The molecule has 1 amide bonds. The first-order valence-electron chi connectivity index (χ1n) is 11.1. The first-order valence-corrected chi connectivity index (χ1v) is 11.4. The number of hydrogen-bond acceptors (Lipinski definition) is 6. The summed E-state index contributed by atoms with van der Waals surface area (Å²) in [5.41, 5.74) is 0.607. The van der Waals surface area contributed by atoms with Crippen molar-refractivity contribution in [2.75, 3.05) is 35.6 Å². The van der Waals surface area contributed by atoms with Gasteiger partial charge in [-0.15, -0.1) is 0 Å². The Kier molecular flexibility index (Phi) is 6.58. The van der Waals surface area contributed by atoms with Crippen LogP contribution >= 0.6 is 11.8 Å². The van der Waals surface area contributed by atoms with Crippen molar-refractivity contribution in [1.29, 1.82) is 0 Å². The third kappa shape index (κ3) is 4.62. The molecule has 0 atom stereocenters. The maximum absolute atomic E-state index is 15.4. The van der Waals surface area contributed by atoms with Crippen LogP contribution in [0.15, 0.2) is 66.9 Å². The smallest absolute Gasteiger partial charge is 0.273 e. The lowest BCUT2D eigenvalue weighted by Gasteiger charge is -2.27. The summed E-state index contributed by atoms with van der Waals surface area (Å²) in [5, 5.41) is 0. The maximum atomic E-state index is 15.4. The van der Waals surface area contributed by atoms with E-state index < -0.39 is 23.3 Å². The Labute approximate surface area is 210 Å². The number of carbonyl (C=O) groups is 2. The monoisotopic (exact) mass is 508 g/mol. The zero-order valence-electron chi connectivity index (χ0n) is 18.8. The van der Waals surface area contributed by atoms with Crippen molar-refractivity contribution < 1.29 is 23.1 Å². The molecule has 4 aromatic rings. The predicted molar refractivity (Wildman–Crippen MR) is 131 cm³/mol. The number of anilines is 2. The number of ether oxygens (including phenoxy) is 1. The van der Waals surface area contributed by atoms with Gasteiger partial charge in [-0.05, 0) is 48.5 Å². The summed E-state index contributed by atoms with van der Waals surface area (Å²) in [7, 11) is 0. The van der Waals surface area contributed by atoms with Crippen molar-refractivity contribution in [3.8, 4) is 0 Å². The minimum Gasteiger partial charge on any atom is -0.378 e. The Hall–Kier alpha value is -3.95. The number of hydrogen-bond donors (Lipinski definition) is 0. The molecule has 1 fully saturated rings. The molecule has 1 aliphatic heterocycles. The van der Waals surface area contributed by atoms with E-state index in [1.54, 1.807) is 18.3 Å². The number of benzene rings is 3. The molecule has 7 nitrogen and oxygen atoms in total. The van der Waals surface area contributed by atoms with E-state index in [0.29, 0.717) is 47.6 Å². The Morgan fingerprint density at radius 3 is 2.50 bits per heavy atom. The van der Waals surface area contributed by atoms with Gasteiger partial charge < -0.3 is 9.64 Å². The summed E-state index contributed by atoms with van der Waals surface area (Å²) in [6.07, 6.45) is 1.67. The molecule has 0 N–H and O–H groups in total. The van der Waals surface area contributed by atoms with E-state index in [1.165, 1.54) is 42.5 Å². The van der Waals surface area contributed by atoms with Crippen LogP contribution in [0.2, 0.25) is 0 Å². The Bertz CT molecular complexity index is 1480. The number of rotatable bonds is 5. The molecule has 36 heavy (non-hydrogen) atoms. The van der Waals surface area contributed by atoms with E-state index in [1.807, 2.05) is 4.90 Å². The number of halogens is 3. The Balaban J connectivity index is 1.45. The molecule has 5 rings (SSSR count). The van der Waals surface area contributed by atoms with Gasteiger partial charge in [0.1, 0.15) is 11.6 Å². The van der Waals surface area contributed by atoms with E-state index in [-0.39, 0.29) is 22.4 Å². The van der Waals surface area contributed by atoms with Crippen LogP contribution in [0.1, 0.15) is 26.3 Å². The fourth-order valence-corrected chi connectivity index (χ4v) is 4.16.